The van der Waals surface area contributed by atoms with E-state index >= 15 is 0 Å². The van der Waals surface area contributed by atoms with Crippen molar-refractivity contribution in [2.75, 3.05) is 18.5 Å². The first kappa shape index (κ1) is 12.1. The average Bonchev–Trinajstić information content (AvgIpc) is 1.85. The Bertz CT molecular complexity index is 273. The number of hydrogen-bond donors (Lipinski definition) is 2. The Labute approximate surface area is 71.4 Å². The van der Waals surface area contributed by atoms with Gasteiger partial charge in [0.1, 0.15) is 0 Å². The molecule has 0 aromatic heterocycles. The lowest BCUT2D eigenvalue weighted by Gasteiger charge is -2.08. The summed E-state index contributed by atoms with van der Waals surface area (Å²) in [5, 5.41) is 0. The summed E-state index contributed by atoms with van der Waals surface area (Å²) >= 11 is 0. The number of nitrogens with two attached hydrogens (primary N) is 1. The standard InChI is InChI=1S/C4H12NO5PS/c1-2-11(6,7)10-12(8,9)4-3-5/h2-5H2,1H3,(H,6,7). The molecule has 0 amide bonds. The zero-order valence-electron chi connectivity index (χ0n) is 6.63. The summed E-state index contributed by atoms with van der Waals surface area (Å²) in [6.07, 6.45) is -0.239. The van der Waals surface area contributed by atoms with E-state index in [4.69, 9.17) is 10.6 Å². The predicted octanol–water partition coefficient (Wildman–Crippen LogP) is -0.503. The van der Waals surface area contributed by atoms with E-state index in [1.54, 1.807) is 0 Å². The molecule has 0 fully saturated rings. The Morgan fingerprint density at radius 2 is 2.08 bits per heavy atom. The van der Waals surface area contributed by atoms with Crippen molar-refractivity contribution in [2.45, 2.75) is 6.92 Å². The largest absolute Gasteiger partial charge is 0.342 e. The Kier molecular flexibility index (Phi) is 4.36. The normalized spacial score (nSPS) is 17.2. The fourth-order valence-electron chi connectivity index (χ4n) is 0.412. The molecule has 1 atom stereocenters. The van der Waals surface area contributed by atoms with Gasteiger partial charge in [0.15, 0.2) is 0 Å². The van der Waals surface area contributed by atoms with Crippen LogP contribution in [0.4, 0.5) is 0 Å². The molecule has 0 aliphatic carbocycles. The van der Waals surface area contributed by atoms with E-state index in [1.165, 1.54) is 6.92 Å². The smallest absolute Gasteiger partial charge is 0.329 e. The van der Waals surface area contributed by atoms with Gasteiger partial charge >= 0.3 is 7.60 Å². The van der Waals surface area contributed by atoms with Gasteiger partial charge in [-0.25, -0.2) is 0 Å². The molecule has 0 saturated carbocycles. The van der Waals surface area contributed by atoms with Crippen LogP contribution in [0.5, 0.6) is 0 Å². The van der Waals surface area contributed by atoms with Crippen molar-refractivity contribution < 1.29 is 21.8 Å². The van der Waals surface area contributed by atoms with E-state index in [0.29, 0.717) is 0 Å². The van der Waals surface area contributed by atoms with Gasteiger partial charge in [0.25, 0.3) is 10.1 Å². The first-order valence-electron chi connectivity index (χ1n) is 3.29. The van der Waals surface area contributed by atoms with Gasteiger partial charge in [-0.05, 0) is 0 Å². The average molecular weight is 217 g/mol. The summed E-state index contributed by atoms with van der Waals surface area (Å²) in [7, 11) is -7.91. The van der Waals surface area contributed by atoms with Gasteiger partial charge in [-0.15, -0.1) is 0 Å². The molecule has 6 nitrogen and oxygen atoms in total. The summed E-state index contributed by atoms with van der Waals surface area (Å²) < 4.78 is 36.3. The summed E-state index contributed by atoms with van der Waals surface area (Å²) in [5.74, 6) is -0.447. The van der Waals surface area contributed by atoms with Gasteiger partial charge in [0, 0.05) is 12.7 Å². The molecule has 0 radical (unpaired) electrons. The molecule has 0 heterocycles. The first-order valence-corrected chi connectivity index (χ1v) is 6.63. The van der Waals surface area contributed by atoms with Crippen LogP contribution in [0.25, 0.3) is 0 Å². The maximum atomic E-state index is 10.8. The molecule has 0 aliphatic rings. The van der Waals surface area contributed by atoms with Gasteiger partial charge in [-0.1, -0.05) is 6.92 Å². The molecule has 12 heavy (non-hydrogen) atoms. The summed E-state index contributed by atoms with van der Waals surface area (Å²) in [5.41, 5.74) is 4.94. The third-order valence-electron chi connectivity index (χ3n) is 0.998. The van der Waals surface area contributed by atoms with Crippen LogP contribution in [0.15, 0.2) is 0 Å². The van der Waals surface area contributed by atoms with E-state index in [2.05, 4.69) is 3.97 Å². The van der Waals surface area contributed by atoms with E-state index < -0.39 is 23.5 Å². The van der Waals surface area contributed by atoms with Crippen LogP contribution in [0.3, 0.4) is 0 Å². The van der Waals surface area contributed by atoms with E-state index in [9.17, 15) is 13.0 Å². The molecule has 3 N–H and O–H groups in total. The monoisotopic (exact) mass is 217 g/mol. The van der Waals surface area contributed by atoms with E-state index in [1.807, 2.05) is 0 Å². The molecule has 0 bridgehead atoms. The number of hydrogen-bond acceptors (Lipinski definition) is 5. The highest BCUT2D eigenvalue weighted by molar-refractivity contribution is 7.91. The lowest BCUT2D eigenvalue weighted by atomic mass is 10.8. The van der Waals surface area contributed by atoms with Crippen LogP contribution < -0.4 is 5.73 Å². The van der Waals surface area contributed by atoms with Crippen LogP contribution >= 0.6 is 7.60 Å². The molecular formula is C4H12NO5PS. The minimum absolute atomic E-state index is 0.133. The summed E-state index contributed by atoms with van der Waals surface area (Å²) in [6.45, 7) is 1.23. The minimum Gasteiger partial charge on any atom is -0.329 e. The molecule has 0 saturated heterocycles. The van der Waals surface area contributed by atoms with Crippen molar-refractivity contribution >= 4 is 17.7 Å². The molecule has 1 unspecified atom stereocenters. The van der Waals surface area contributed by atoms with Gasteiger partial charge in [-0.2, -0.15) is 12.4 Å². The van der Waals surface area contributed by atoms with Crippen molar-refractivity contribution in [3.05, 3.63) is 0 Å². The fourth-order valence-corrected chi connectivity index (χ4v) is 2.84. The van der Waals surface area contributed by atoms with Gasteiger partial charge in [0.05, 0.1) is 5.75 Å². The Morgan fingerprint density at radius 1 is 1.58 bits per heavy atom. The molecule has 0 aliphatic heterocycles. The van der Waals surface area contributed by atoms with Gasteiger partial charge in [-0.3, -0.25) is 4.57 Å². The van der Waals surface area contributed by atoms with Gasteiger partial charge in [0.2, 0.25) is 0 Å². The highest BCUT2D eigenvalue weighted by Crippen LogP contribution is 2.42. The van der Waals surface area contributed by atoms with Crippen LogP contribution in [0.2, 0.25) is 0 Å². The molecule has 0 rings (SSSR count). The van der Waals surface area contributed by atoms with Crippen LogP contribution in [0, 0.1) is 0 Å². The van der Waals surface area contributed by atoms with Gasteiger partial charge < -0.3 is 10.6 Å². The lowest BCUT2D eigenvalue weighted by molar-refractivity contribution is 0.378. The van der Waals surface area contributed by atoms with Crippen molar-refractivity contribution in [3.8, 4) is 0 Å². The van der Waals surface area contributed by atoms with Crippen molar-refractivity contribution in [3.63, 3.8) is 0 Å². The Hall–Kier alpha value is 0.0600. The lowest BCUT2D eigenvalue weighted by Crippen LogP contribution is -2.17. The molecule has 0 spiro atoms. The second-order valence-corrected chi connectivity index (χ2v) is 6.11. The summed E-state index contributed by atoms with van der Waals surface area (Å²) in [6, 6.07) is 0. The van der Waals surface area contributed by atoms with Crippen LogP contribution in [-0.2, 0) is 18.7 Å². The zero-order valence-corrected chi connectivity index (χ0v) is 8.35. The fraction of sp³-hybridized carbons (Fsp3) is 1.00. The molecular weight excluding hydrogens is 205 g/mol. The van der Waals surface area contributed by atoms with E-state index in [0.717, 1.165) is 0 Å². The Morgan fingerprint density at radius 3 is 2.42 bits per heavy atom. The van der Waals surface area contributed by atoms with Crippen LogP contribution in [0.1, 0.15) is 6.92 Å². The quantitative estimate of drug-likeness (QED) is 0.601. The SMILES string of the molecule is CCP(=O)(O)OS(=O)(=O)CCN. The van der Waals surface area contributed by atoms with Crippen molar-refractivity contribution in [1.82, 2.24) is 0 Å². The number of rotatable bonds is 5. The van der Waals surface area contributed by atoms with Crippen LogP contribution in [-0.4, -0.2) is 31.8 Å². The third kappa shape index (κ3) is 4.84. The minimum atomic E-state index is -3.97. The zero-order chi connectivity index (χ0) is 9.83. The molecule has 74 valence electrons. The maximum absolute atomic E-state index is 10.8. The molecule has 8 heteroatoms. The highest BCUT2D eigenvalue weighted by atomic mass is 32.2. The summed E-state index contributed by atoms with van der Waals surface area (Å²) in [4.78, 5) is 8.80. The maximum Gasteiger partial charge on any atom is 0.342 e. The topological polar surface area (TPSA) is 107 Å². The Balaban J connectivity index is 4.36. The molecule has 0 aromatic carbocycles. The van der Waals surface area contributed by atoms with E-state index in [-0.39, 0.29) is 12.7 Å². The van der Waals surface area contributed by atoms with Crippen molar-refractivity contribution in [1.29, 1.82) is 0 Å². The second-order valence-electron chi connectivity index (χ2n) is 2.08. The first-order chi connectivity index (χ1) is 5.33. The third-order valence-corrected chi connectivity index (χ3v) is 4.37. The second kappa shape index (κ2) is 4.34. The highest BCUT2D eigenvalue weighted by Gasteiger charge is 2.25. The molecule has 0 aromatic rings. The van der Waals surface area contributed by atoms with Crippen molar-refractivity contribution in [2.24, 2.45) is 5.73 Å². The predicted molar refractivity (Wildman–Crippen MR) is 44.3 cm³/mol.